The first-order valence-corrected chi connectivity index (χ1v) is 7.54. The molecule has 5 heteroatoms. The minimum atomic E-state index is -0.111. The van der Waals surface area contributed by atoms with Crippen LogP contribution in [0.15, 0.2) is 36.4 Å². The van der Waals surface area contributed by atoms with E-state index >= 15 is 0 Å². The van der Waals surface area contributed by atoms with Crippen molar-refractivity contribution in [2.24, 2.45) is 0 Å². The molecule has 0 aliphatic carbocycles. The number of rotatable bonds is 5. The van der Waals surface area contributed by atoms with E-state index in [4.69, 9.17) is 16.3 Å². The predicted molar refractivity (Wildman–Crippen MR) is 82.8 cm³/mol. The fourth-order valence-electron chi connectivity index (χ4n) is 2.02. The smallest absolute Gasteiger partial charge is 0.261 e. The van der Waals surface area contributed by atoms with Crippen LogP contribution >= 0.6 is 22.9 Å². The molecule has 0 bridgehead atoms. The Hall–Kier alpha value is -1.52. The van der Waals surface area contributed by atoms with E-state index in [-0.39, 0.29) is 11.9 Å². The van der Waals surface area contributed by atoms with Crippen molar-refractivity contribution in [2.45, 2.75) is 19.4 Å². The predicted octanol–water partition coefficient (Wildman–Crippen LogP) is 4.29. The Morgan fingerprint density at radius 2 is 2.10 bits per heavy atom. The first-order chi connectivity index (χ1) is 9.65. The lowest BCUT2D eigenvalue weighted by molar-refractivity contribution is 0.0939. The van der Waals surface area contributed by atoms with Gasteiger partial charge < -0.3 is 10.1 Å². The molecule has 1 N–H and O–H groups in total. The van der Waals surface area contributed by atoms with Gasteiger partial charge in [-0.2, -0.15) is 0 Å². The molecule has 2 rings (SSSR count). The quantitative estimate of drug-likeness (QED) is 0.894. The van der Waals surface area contributed by atoms with E-state index in [0.29, 0.717) is 9.21 Å². The Bertz CT molecular complexity index is 597. The molecule has 2 aromatic rings. The van der Waals surface area contributed by atoms with Gasteiger partial charge in [-0.15, -0.1) is 11.3 Å². The standard InChI is InChI=1S/C15H16ClNO2S/c1-3-11(10-6-4-5-7-12(10)19-2)17-15(18)13-8-9-14(16)20-13/h4-9,11H,3H2,1-2H3,(H,17,18)/t11-/m0/s1. The minimum Gasteiger partial charge on any atom is -0.496 e. The number of benzene rings is 1. The molecule has 0 radical (unpaired) electrons. The number of nitrogens with one attached hydrogen (secondary N) is 1. The van der Waals surface area contributed by atoms with Crippen LogP contribution in [0.3, 0.4) is 0 Å². The molecule has 0 unspecified atom stereocenters. The maximum Gasteiger partial charge on any atom is 0.261 e. The number of hydrogen-bond donors (Lipinski definition) is 1. The van der Waals surface area contributed by atoms with Crippen LogP contribution in [-0.2, 0) is 0 Å². The van der Waals surface area contributed by atoms with Gasteiger partial charge in [0, 0.05) is 5.56 Å². The third kappa shape index (κ3) is 3.32. The maximum atomic E-state index is 12.2. The molecule has 0 fully saturated rings. The summed E-state index contributed by atoms with van der Waals surface area (Å²) in [7, 11) is 1.63. The molecule has 1 aromatic carbocycles. The Balaban J connectivity index is 2.18. The van der Waals surface area contributed by atoms with Gasteiger partial charge in [-0.25, -0.2) is 0 Å². The average Bonchev–Trinajstić information content (AvgIpc) is 2.91. The van der Waals surface area contributed by atoms with Gasteiger partial charge in [0.25, 0.3) is 5.91 Å². The molecule has 106 valence electrons. The van der Waals surface area contributed by atoms with Gasteiger partial charge in [0.1, 0.15) is 5.75 Å². The number of para-hydroxylation sites is 1. The van der Waals surface area contributed by atoms with Crippen molar-refractivity contribution in [3.05, 3.63) is 51.2 Å². The summed E-state index contributed by atoms with van der Waals surface area (Å²) in [5.41, 5.74) is 0.980. The lowest BCUT2D eigenvalue weighted by atomic mass is 10.0. The van der Waals surface area contributed by atoms with Gasteiger partial charge in [0.05, 0.1) is 22.4 Å². The third-order valence-corrected chi connectivity index (χ3v) is 4.25. The van der Waals surface area contributed by atoms with Crippen LogP contribution in [0.4, 0.5) is 0 Å². The van der Waals surface area contributed by atoms with Gasteiger partial charge in [-0.1, -0.05) is 36.7 Å². The van der Waals surface area contributed by atoms with Crippen LogP contribution in [0.25, 0.3) is 0 Å². The summed E-state index contributed by atoms with van der Waals surface area (Å²) < 4.78 is 5.96. The van der Waals surface area contributed by atoms with Crippen molar-refractivity contribution in [3.63, 3.8) is 0 Å². The van der Waals surface area contributed by atoms with Gasteiger partial charge in [0.2, 0.25) is 0 Å². The second-order valence-electron chi connectivity index (χ2n) is 4.28. The van der Waals surface area contributed by atoms with Crippen LogP contribution < -0.4 is 10.1 Å². The Morgan fingerprint density at radius 1 is 1.35 bits per heavy atom. The maximum absolute atomic E-state index is 12.2. The zero-order valence-electron chi connectivity index (χ0n) is 11.4. The lowest BCUT2D eigenvalue weighted by Gasteiger charge is -2.19. The van der Waals surface area contributed by atoms with Gasteiger partial charge in [-0.3, -0.25) is 4.79 Å². The van der Waals surface area contributed by atoms with Gasteiger partial charge in [-0.05, 0) is 24.6 Å². The Morgan fingerprint density at radius 3 is 2.70 bits per heavy atom. The first-order valence-electron chi connectivity index (χ1n) is 6.34. The summed E-state index contributed by atoms with van der Waals surface area (Å²) in [6.45, 7) is 2.03. The molecule has 3 nitrogen and oxygen atoms in total. The number of carbonyl (C=O) groups excluding carboxylic acids is 1. The van der Waals surface area contributed by atoms with E-state index in [0.717, 1.165) is 17.7 Å². The van der Waals surface area contributed by atoms with Gasteiger partial charge in [0.15, 0.2) is 0 Å². The average molecular weight is 310 g/mol. The minimum absolute atomic E-state index is 0.0838. The van der Waals surface area contributed by atoms with Gasteiger partial charge >= 0.3 is 0 Å². The monoisotopic (exact) mass is 309 g/mol. The van der Waals surface area contributed by atoms with Crippen LogP contribution in [0.1, 0.15) is 34.6 Å². The first kappa shape index (κ1) is 14.9. The normalized spacial score (nSPS) is 11.9. The number of amides is 1. The summed E-state index contributed by atoms with van der Waals surface area (Å²) in [6.07, 6.45) is 0.783. The van der Waals surface area contributed by atoms with Crippen LogP contribution in [0.5, 0.6) is 5.75 Å². The largest absolute Gasteiger partial charge is 0.496 e. The van der Waals surface area contributed by atoms with Crippen molar-refractivity contribution in [2.75, 3.05) is 7.11 Å². The van der Waals surface area contributed by atoms with Crippen molar-refractivity contribution >= 4 is 28.8 Å². The van der Waals surface area contributed by atoms with Crippen LogP contribution in [-0.4, -0.2) is 13.0 Å². The topological polar surface area (TPSA) is 38.3 Å². The SMILES string of the molecule is CC[C@H](NC(=O)c1ccc(Cl)s1)c1ccccc1OC. The molecule has 1 aromatic heterocycles. The fraction of sp³-hybridized carbons (Fsp3) is 0.267. The summed E-state index contributed by atoms with van der Waals surface area (Å²) in [5.74, 6) is 0.670. The highest BCUT2D eigenvalue weighted by Crippen LogP contribution is 2.28. The molecule has 1 atom stereocenters. The number of thiophene rings is 1. The highest BCUT2D eigenvalue weighted by molar-refractivity contribution is 7.17. The highest BCUT2D eigenvalue weighted by atomic mass is 35.5. The highest BCUT2D eigenvalue weighted by Gasteiger charge is 2.18. The second kappa shape index (κ2) is 6.77. The van der Waals surface area contributed by atoms with Crippen molar-refractivity contribution in [1.29, 1.82) is 0 Å². The van der Waals surface area contributed by atoms with E-state index < -0.39 is 0 Å². The molecular formula is C15H16ClNO2S. The molecule has 0 aliphatic heterocycles. The summed E-state index contributed by atoms with van der Waals surface area (Å²) in [4.78, 5) is 12.8. The number of carbonyl (C=O) groups is 1. The van der Waals surface area contributed by atoms with Crippen molar-refractivity contribution in [3.8, 4) is 5.75 Å². The van der Waals surface area contributed by atoms with E-state index in [9.17, 15) is 4.79 Å². The molecular weight excluding hydrogens is 294 g/mol. The Labute approximate surface area is 127 Å². The molecule has 1 heterocycles. The van der Waals surface area contributed by atoms with E-state index in [2.05, 4.69) is 5.32 Å². The molecule has 0 saturated carbocycles. The van der Waals surface area contributed by atoms with E-state index in [1.165, 1.54) is 11.3 Å². The van der Waals surface area contributed by atoms with Crippen molar-refractivity contribution in [1.82, 2.24) is 5.32 Å². The number of ether oxygens (including phenoxy) is 1. The molecule has 0 spiro atoms. The van der Waals surface area contributed by atoms with Crippen molar-refractivity contribution < 1.29 is 9.53 Å². The van der Waals surface area contributed by atoms with E-state index in [1.807, 2.05) is 31.2 Å². The molecule has 0 aliphatic rings. The lowest BCUT2D eigenvalue weighted by Crippen LogP contribution is -2.27. The summed E-state index contributed by atoms with van der Waals surface area (Å²) in [5, 5.41) is 3.02. The number of hydrogen-bond acceptors (Lipinski definition) is 3. The molecule has 20 heavy (non-hydrogen) atoms. The number of methoxy groups -OCH3 is 1. The van der Waals surface area contributed by atoms with Crippen LogP contribution in [0.2, 0.25) is 4.34 Å². The second-order valence-corrected chi connectivity index (χ2v) is 6.00. The zero-order chi connectivity index (χ0) is 14.5. The molecule has 0 saturated heterocycles. The third-order valence-electron chi connectivity index (χ3n) is 3.02. The fourth-order valence-corrected chi connectivity index (χ4v) is 2.97. The molecule has 1 amide bonds. The summed E-state index contributed by atoms with van der Waals surface area (Å²) in [6, 6.07) is 11.1. The van der Waals surface area contributed by atoms with Crippen LogP contribution in [0, 0.1) is 0 Å². The van der Waals surface area contributed by atoms with E-state index in [1.54, 1.807) is 19.2 Å². The summed E-state index contributed by atoms with van der Waals surface area (Å²) >= 11 is 7.13. The number of halogens is 1. The Kier molecular flexibility index (Phi) is 5.04. The zero-order valence-corrected chi connectivity index (χ0v) is 12.9.